The maximum Gasteiger partial charge on any atom is 0.162 e. The van der Waals surface area contributed by atoms with E-state index < -0.39 is 0 Å². The number of aryl methyl sites for hydroxylation is 1. The summed E-state index contributed by atoms with van der Waals surface area (Å²) in [7, 11) is 0. The number of ether oxygens (including phenoxy) is 2. The third-order valence-electron chi connectivity index (χ3n) is 2.93. The van der Waals surface area contributed by atoms with E-state index in [1.807, 2.05) is 23.6 Å². The van der Waals surface area contributed by atoms with Gasteiger partial charge in [-0.2, -0.15) is 0 Å². The molecule has 1 aromatic carbocycles. The van der Waals surface area contributed by atoms with Gasteiger partial charge in [-0.25, -0.2) is 4.98 Å². The Kier molecular flexibility index (Phi) is 3.66. The van der Waals surface area contributed by atoms with Crippen molar-refractivity contribution in [3.63, 3.8) is 0 Å². The molecule has 0 atom stereocenters. The number of aliphatic hydroxyl groups is 1. The standard InChI is InChI=1S/C14H15NO3S/c16-5-1-2-11-9-19-14(15-11)10-3-4-12-13(8-10)18-7-6-17-12/h3-4,8-9,16H,1-2,5-7H2. The van der Waals surface area contributed by atoms with E-state index in [1.165, 1.54) is 0 Å². The number of benzene rings is 1. The molecule has 4 nitrogen and oxygen atoms in total. The van der Waals surface area contributed by atoms with Crippen LogP contribution in [-0.4, -0.2) is 29.9 Å². The fourth-order valence-corrected chi connectivity index (χ4v) is 2.84. The van der Waals surface area contributed by atoms with Crippen molar-refractivity contribution in [1.82, 2.24) is 4.98 Å². The Balaban J connectivity index is 1.83. The van der Waals surface area contributed by atoms with Gasteiger partial charge in [0.05, 0.1) is 5.69 Å². The summed E-state index contributed by atoms with van der Waals surface area (Å²) in [5, 5.41) is 11.8. The van der Waals surface area contributed by atoms with Crippen LogP contribution in [-0.2, 0) is 6.42 Å². The van der Waals surface area contributed by atoms with E-state index in [4.69, 9.17) is 14.6 Å². The molecule has 19 heavy (non-hydrogen) atoms. The van der Waals surface area contributed by atoms with Crippen LogP contribution in [0.15, 0.2) is 23.6 Å². The zero-order valence-corrected chi connectivity index (χ0v) is 11.3. The maximum atomic E-state index is 8.83. The first-order valence-corrected chi connectivity index (χ1v) is 7.20. The van der Waals surface area contributed by atoms with Gasteiger partial charge >= 0.3 is 0 Å². The Morgan fingerprint density at radius 1 is 1.21 bits per heavy atom. The van der Waals surface area contributed by atoms with Crippen molar-refractivity contribution in [3.05, 3.63) is 29.3 Å². The molecule has 0 amide bonds. The lowest BCUT2D eigenvalue weighted by Crippen LogP contribution is -2.15. The van der Waals surface area contributed by atoms with Crippen LogP contribution in [0.2, 0.25) is 0 Å². The number of aliphatic hydroxyl groups excluding tert-OH is 1. The zero-order valence-electron chi connectivity index (χ0n) is 10.5. The molecule has 0 saturated carbocycles. The van der Waals surface area contributed by atoms with Gasteiger partial charge in [0.1, 0.15) is 18.2 Å². The third-order valence-corrected chi connectivity index (χ3v) is 3.87. The summed E-state index contributed by atoms with van der Waals surface area (Å²) in [5.41, 5.74) is 2.08. The summed E-state index contributed by atoms with van der Waals surface area (Å²) >= 11 is 1.61. The Morgan fingerprint density at radius 2 is 2.05 bits per heavy atom. The van der Waals surface area contributed by atoms with Crippen molar-refractivity contribution < 1.29 is 14.6 Å². The Hall–Kier alpha value is -1.59. The van der Waals surface area contributed by atoms with Crippen LogP contribution in [0.3, 0.4) is 0 Å². The summed E-state index contributed by atoms with van der Waals surface area (Å²) in [6.07, 6.45) is 1.57. The summed E-state index contributed by atoms with van der Waals surface area (Å²) < 4.78 is 11.1. The number of aromatic nitrogens is 1. The molecule has 0 saturated heterocycles. The molecule has 0 spiro atoms. The van der Waals surface area contributed by atoms with Gasteiger partial charge in [-0.1, -0.05) is 0 Å². The average molecular weight is 277 g/mol. The molecule has 1 N–H and O–H groups in total. The maximum absolute atomic E-state index is 8.83. The molecule has 5 heteroatoms. The molecule has 2 aromatic rings. The van der Waals surface area contributed by atoms with Crippen LogP contribution in [0.4, 0.5) is 0 Å². The lowest BCUT2D eigenvalue weighted by Gasteiger charge is -2.18. The Morgan fingerprint density at radius 3 is 2.89 bits per heavy atom. The Labute approximate surface area is 115 Å². The molecule has 0 unspecified atom stereocenters. The van der Waals surface area contributed by atoms with Gasteiger partial charge in [-0.15, -0.1) is 11.3 Å². The fraction of sp³-hybridized carbons (Fsp3) is 0.357. The summed E-state index contributed by atoms with van der Waals surface area (Å²) in [6.45, 7) is 1.40. The largest absolute Gasteiger partial charge is 0.486 e. The lowest BCUT2D eigenvalue weighted by molar-refractivity contribution is 0.171. The number of thiazole rings is 1. The van der Waals surface area contributed by atoms with Crippen LogP contribution >= 0.6 is 11.3 Å². The number of nitrogens with zero attached hydrogens (tertiary/aromatic N) is 1. The molecule has 0 fully saturated rings. The van der Waals surface area contributed by atoms with Gasteiger partial charge < -0.3 is 14.6 Å². The zero-order chi connectivity index (χ0) is 13.1. The molecule has 0 bridgehead atoms. The van der Waals surface area contributed by atoms with E-state index in [0.29, 0.717) is 13.2 Å². The molecule has 1 aliphatic rings. The monoisotopic (exact) mass is 277 g/mol. The number of rotatable bonds is 4. The third kappa shape index (κ3) is 2.72. The Bertz CT molecular complexity index is 568. The molecular weight excluding hydrogens is 262 g/mol. The molecule has 100 valence electrons. The van der Waals surface area contributed by atoms with Crippen LogP contribution in [0, 0.1) is 0 Å². The molecule has 1 aromatic heterocycles. The van der Waals surface area contributed by atoms with E-state index in [2.05, 4.69) is 4.98 Å². The normalized spacial score (nSPS) is 13.5. The van der Waals surface area contributed by atoms with E-state index in [1.54, 1.807) is 11.3 Å². The van der Waals surface area contributed by atoms with Crippen LogP contribution in [0.25, 0.3) is 10.6 Å². The predicted molar refractivity (Wildman–Crippen MR) is 73.9 cm³/mol. The topological polar surface area (TPSA) is 51.6 Å². The van der Waals surface area contributed by atoms with Crippen molar-refractivity contribution in [3.8, 4) is 22.1 Å². The van der Waals surface area contributed by atoms with E-state index in [0.717, 1.165) is 40.6 Å². The molecular formula is C14H15NO3S. The number of fused-ring (bicyclic) bond motifs is 1. The number of hydrogen-bond acceptors (Lipinski definition) is 5. The molecule has 2 heterocycles. The minimum absolute atomic E-state index is 0.205. The molecule has 3 rings (SSSR count). The second-order valence-corrected chi connectivity index (χ2v) is 5.19. The van der Waals surface area contributed by atoms with Crippen LogP contribution in [0.1, 0.15) is 12.1 Å². The summed E-state index contributed by atoms with van der Waals surface area (Å²) in [6, 6.07) is 5.91. The quantitative estimate of drug-likeness (QED) is 0.933. The van der Waals surface area contributed by atoms with Gasteiger partial charge in [0.15, 0.2) is 11.5 Å². The first-order chi connectivity index (χ1) is 9.36. The van der Waals surface area contributed by atoms with Crippen molar-refractivity contribution in [2.24, 2.45) is 0 Å². The van der Waals surface area contributed by atoms with Crippen molar-refractivity contribution in [2.75, 3.05) is 19.8 Å². The SMILES string of the molecule is OCCCc1csc(-c2ccc3c(c2)OCCO3)n1. The minimum atomic E-state index is 0.205. The average Bonchev–Trinajstić information content (AvgIpc) is 2.93. The second-order valence-electron chi connectivity index (χ2n) is 4.33. The second kappa shape index (κ2) is 5.59. The summed E-state index contributed by atoms with van der Waals surface area (Å²) in [4.78, 5) is 4.58. The highest BCUT2D eigenvalue weighted by molar-refractivity contribution is 7.13. The van der Waals surface area contributed by atoms with E-state index in [9.17, 15) is 0 Å². The minimum Gasteiger partial charge on any atom is -0.486 e. The highest BCUT2D eigenvalue weighted by atomic mass is 32.1. The first-order valence-electron chi connectivity index (χ1n) is 6.32. The fourth-order valence-electron chi connectivity index (χ4n) is 1.99. The van der Waals surface area contributed by atoms with Crippen molar-refractivity contribution >= 4 is 11.3 Å². The molecule has 0 aliphatic carbocycles. The van der Waals surface area contributed by atoms with E-state index in [-0.39, 0.29) is 6.61 Å². The highest BCUT2D eigenvalue weighted by Gasteiger charge is 2.13. The highest BCUT2D eigenvalue weighted by Crippen LogP contribution is 2.35. The van der Waals surface area contributed by atoms with Gasteiger partial charge in [0, 0.05) is 17.6 Å². The summed E-state index contributed by atoms with van der Waals surface area (Å²) in [5.74, 6) is 1.59. The van der Waals surface area contributed by atoms with Crippen LogP contribution in [0.5, 0.6) is 11.5 Å². The van der Waals surface area contributed by atoms with Crippen molar-refractivity contribution in [2.45, 2.75) is 12.8 Å². The smallest absolute Gasteiger partial charge is 0.162 e. The molecule has 1 aliphatic heterocycles. The number of hydrogen-bond donors (Lipinski definition) is 1. The van der Waals surface area contributed by atoms with Crippen molar-refractivity contribution in [1.29, 1.82) is 0 Å². The van der Waals surface area contributed by atoms with E-state index >= 15 is 0 Å². The lowest BCUT2D eigenvalue weighted by atomic mass is 10.2. The van der Waals surface area contributed by atoms with Gasteiger partial charge in [-0.3, -0.25) is 0 Å². The van der Waals surface area contributed by atoms with Gasteiger partial charge in [-0.05, 0) is 31.0 Å². The van der Waals surface area contributed by atoms with Gasteiger partial charge in [0.2, 0.25) is 0 Å². The van der Waals surface area contributed by atoms with Gasteiger partial charge in [0.25, 0.3) is 0 Å². The predicted octanol–water partition coefficient (Wildman–Crippen LogP) is 2.51. The molecule has 0 radical (unpaired) electrons. The first kappa shape index (κ1) is 12.4. The van der Waals surface area contributed by atoms with Crippen LogP contribution < -0.4 is 9.47 Å².